The van der Waals surface area contributed by atoms with Crippen LogP contribution in [0.4, 0.5) is 0 Å². The van der Waals surface area contributed by atoms with Crippen molar-refractivity contribution < 1.29 is 0 Å². The van der Waals surface area contributed by atoms with Gasteiger partial charge >= 0.3 is 0 Å². The van der Waals surface area contributed by atoms with Crippen LogP contribution in [0.25, 0.3) is 0 Å². The molecule has 4 atom stereocenters. The van der Waals surface area contributed by atoms with E-state index in [2.05, 4.69) is 41.5 Å². The minimum atomic E-state index is 0.939. The van der Waals surface area contributed by atoms with Gasteiger partial charge in [-0.25, -0.2) is 0 Å². The maximum atomic E-state index is 2.48. The summed E-state index contributed by atoms with van der Waals surface area (Å²) >= 11 is 0. The van der Waals surface area contributed by atoms with Crippen LogP contribution in [0.2, 0.25) is 0 Å². The first kappa shape index (κ1) is 24.0. The van der Waals surface area contributed by atoms with Gasteiger partial charge in [-0.05, 0) is 23.7 Å². The third-order valence-corrected chi connectivity index (χ3v) is 6.04. The van der Waals surface area contributed by atoms with Crippen LogP contribution in [0.3, 0.4) is 0 Å². The molecule has 0 aromatic carbocycles. The summed E-state index contributed by atoms with van der Waals surface area (Å²) in [5.74, 6) is 3.78. The highest BCUT2D eigenvalue weighted by atomic mass is 14.2. The second-order valence-electron chi connectivity index (χ2n) is 9.14. The Bertz CT molecular complexity index is 218. The SMILES string of the molecule is CCCCC(C)CCCC(C)CCC(C)CCCC(C)CCCC. The molecule has 0 spiro atoms. The Morgan fingerprint density at radius 1 is 0.375 bits per heavy atom. The van der Waals surface area contributed by atoms with E-state index in [1.807, 2.05) is 0 Å². The summed E-state index contributed by atoms with van der Waals surface area (Å²) < 4.78 is 0. The lowest BCUT2D eigenvalue weighted by Gasteiger charge is -2.17. The van der Waals surface area contributed by atoms with Crippen LogP contribution in [-0.2, 0) is 0 Å². The molecule has 0 rings (SSSR count). The molecule has 0 nitrogen and oxygen atoms in total. The molecule has 0 heterocycles. The van der Waals surface area contributed by atoms with E-state index < -0.39 is 0 Å². The summed E-state index contributed by atoms with van der Waals surface area (Å²) in [6.07, 6.45) is 20.1. The molecule has 0 aliphatic heterocycles. The Morgan fingerprint density at radius 2 is 0.625 bits per heavy atom. The van der Waals surface area contributed by atoms with Crippen molar-refractivity contribution in [2.45, 2.75) is 131 Å². The van der Waals surface area contributed by atoms with Crippen molar-refractivity contribution in [2.24, 2.45) is 23.7 Å². The number of unbranched alkanes of at least 4 members (excludes halogenated alkanes) is 2. The maximum Gasteiger partial charge on any atom is -0.0443 e. The van der Waals surface area contributed by atoms with Crippen molar-refractivity contribution in [1.29, 1.82) is 0 Å². The van der Waals surface area contributed by atoms with Gasteiger partial charge in [0.2, 0.25) is 0 Å². The summed E-state index contributed by atoms with van der Waals surface area (Å²) in [5, 5.41) is 0. The van der Waals surface area contributed by atoms with E-state index in [4.69, 9.17) is 0 Å². The van der Waals surface area contributed by atoms with Crippen molar-refractivity contribution >= 4 is 0 Å². The molecular formula is C24H50. The van der Waals surface area contributed by atoms with Gasteiger partial charge in [0.05, 0.1) is 0 Å². The van der Waals surface area contributed by atoms with Gasteiger partial charge in [0.25, 0.3) is 0 Å². The number of hydrogen-bond acceptors (Lipinski definition) is 0. The minimum Gasteiger partial charge on any atom is -0.0654 e. The Morgan fingerprint density at radius 3 is 0.917 bits per heavy atom. The lowest BCUT2D eigenvalue weighted by atomic mass is 9.89. The largest absolute Gasteiger partial charge is 0.0654 e. The van der Waals surface area contributed by atoms with E-state index in [0.29, 0.717) is 0 Å². The lowest BCUT2D eigenvalue weighted by Crippen LogP contribution is -2.03. The van der Waals surface area contributed by atoms with Crippen molar-refractivity contribution in [3.63, 3.8) is 0 Å². The van der Waals surface area contributed by atoms with Gasteiger partial charge in [0.15, 0.2) is 0 Å². The minimum absolute atomic E-state index is 0.939. The lowest BCUT2D eigenvalue weighted by molar-refractivity contribution is 0.354. The first-order valence-electron chi connectivity index (χ1n) is 11.5. The summed E-state index contributed by atoms with van der Waals surface area (Å²) in [6, 6.07) is 0. The molecule has 0 fully saturated rings. The fraction of sp³-hybridized carbons (Fsp3) is 1.00. The third kappa shape index (κ3) is 15.5. The molecule has 0 saturated heterocycles. The molecule has 0 aliphatic carbocycles. The van der Waals surface area contributed by atoms with Crippen molar-refractivity contribution in [3.05, 3.63) is 0 Å². The van der Waals surface area contributed by atoms with E-state index in [1.54, 1.807) is 0 Å². The van der Waals surface area contributed by atoms with E-state index in [-0.39, 0.29) is 0 Å². The summed E-state index contributed by atoms with van der Waals surface area (Å²) in [6.45, 7) is 14.5. The van der Waals surface area contributed by atoms with Crippen LogP contribution in [0.15, 0.2) is 0 Å². The van der Waals surface area contributed by atoms with Gasteiger partial charge in [-0.2, -0.15) is 0 Å². The highest BCUT2D eigenvalue weighted by molar-refractivity contribution is 4.62. The van der Waals surface area contributed by atoms with E-state index in [0.717, 1.165) is 23.7 Å². The highest BCUT2D eigenvalue weighted by Gasteiger charge is 2.09. The van der Waals surface area contributed by atoms with Crippen LogP contribution in [-0.4, -0.2) is 0 Å². The van der Waals surface area contributed by atoms with Crippen molar-refractivity contribution in [3.8, 4) is 0 Å². The Balaban J connectivity index is 3.55. The van der Waals surface area contributed by atoms with E-state index in [9.17, 15) is 0 Å². The fourth-order valence-corrected chi connectivity index (χ4v) is 3.88. The second kappa shape index (κ2) is 16.5. The van der Waals surface area contributed by atoms with Gasteiger partial charge < -0.3 is 0 Å². The molecule has 0 aliphatic rings. The molecular weight excluding hydrogens is 288 g/mol. The maximum absolute atomic E-state index is 2.48. The van der Waals surface area contributed by atoms with Gasteiger partial charge in [-0.1, -0.05) is 131 Å². The van der Waals surface area contributed by atoms with Crippen molar-refractivity contribution in [1.82, 2.24) is 0 Å². The van der Waals surface area contributed by atoms with Gasteiger partial charge in [0, 0.05) is 0 Å². The highest BCUT2D eigenvalue weighted by Crippen LogP contribution is 2.24. The standard InChI is InChI=1S/C24H50/c1-7-9-13-21(3)15-11-17-23(5)19-20-24(6)18-12-16-22(4)14-10-8-2/h21-24H,7-20H2,1-6H3. The summed E-state index contributed by atoms with van der Waals surface area (Å²) in [5.41, 5.74) is 0. The summed E-state index contributed by atoms with van der Waals surface area (Å²) in [4.78, 5) is 0. The van der Waals surface area contributed by atoms with E-state index in [1.165, 1.54) is 89.9 Å². The average molecular weight is 339 g/mol. The molecule has 0 amide bonds. The zero-order chi connectivity index (χ0) is 18.2. The fourth-order valence-electron chi connectivity index (χ4n) is 3.88. The number of hydrogen-bond donors (Lipinski definition) is 0. The molecule has 24 heavy (non-hydrogen) atoms. The molecule has 0 N–H and O–H groups in total. The normalized spacial score (nSPS) is 16.8. The molecule has 0 heteroatoms. The van der Waals surface area contributed by atoms with Crippen molar-refractivity contribution in [2.75, 3.05) is 0 Å². The van der Waals surface area contributed by atoms with Gasteiger partial charge in [-0.15, -0.1) is 0 Å². The van der Waals surface area contributed by atoms with E-state index >= 15 is 0 Å². The summed E-state index contributed by atoms with van der Waals surface area (Å²) in [7, 11) is 0. The predicted octanol–water partition coefficient (Wildman–Crippen LogP) is 9.03. The molecule has 0 saturated carbocycles. The Labute approximate surface area is 155 Å². The zero-order valence-electron chi connectivity index (χ0n) is 18.2. The molecule has 0 aromatic heterocycles. The van der Waals surface area contributed by atoms with Crippen LogP contribution in [0, 0.1) is 23.7 Å². The molecule has 4 unspecified atom stereocenters. The third-order valence-electron chi connectivity index (χ3n) is 6.04. The van der Waals surface area contributed by atoms with Gasteiger partial charge in [0.1, 0.15) is 0 Å². The first-order valence-corrected chi connectivity index (χ1v) is 11.5. The Hall–Kier alpha value is 0. The van der Waals surface area contributed by atoms with Crippen LogP contribution in [0.5, 0.6) is 0 Å². The zero-order valence-corrected chi connectivity index (χ0v) is 18.2. The quantitative estimate of drug-likeness (QED) is 0.248. The van der Waals surface area contributed by atoms with Crippen LogP contribution >= 0.6 is 0 Å². The molecule has 146 valence electrons. The monoisotopic (exact) mass is 338 g/mol. The molecule has 0 radical (unpaired) electrons. The average Bonchev–Trinajstić information content (AvgIpc) is 2.56. The topological polar surface area (TPSA) is 0 Å². The second-order valence-corrected chi connectivity index (χ2v) is 9.14. The molecule has 0 bridgehead atoms. The first-order chi connectivity index (χ1) is 11.5. The predicted molar refractivity (Wildman–Crippen MR) is 113 cm³/mol. The van der Waals surface area contributed by atoms with Crippen LogP contribution in [0.1, 0.15) is 131 Å². The number of rotatable bonds is 17. The smallest absolute Gasteiger partial charge is 0.0443 e. The van der Waals surface area contributed by atoms with Gasteiger partial charge in [-0.3, -0.25) is 0 Å². The molecule has 0 aromatic rings. The Kier molecular flexibility index (Phi) is 16.5. The van der Waals surface area contributed by atoms with Crippen LogP contribution < -0.4 is 0 Å².